The molecule has 0 unspecified atom stereocenters. The summed E-state index contributed by atoms with van der Waals surface area (Å²) in [5, 5.41) is 12.3. The average Bonchev–Trinajstić information content (AvgIpc) is 3.52. The summed E-state index contributed by atoms with van der Waals surface area (Å²) in [6.07, 6.45) is 14.0. The molecule has 5 aliphatic rings. The summed E-state index contributed by atoms with van der Waals surface area (Å²) in [7, 11) is 4.20. The highest BCUT2D eigenvalue weighted by atomic mass is 32.1. The maximum absolute atomic E-state index is 14.5. The highest BCUT2D eigenvalue weighted by molar-refractivity contribution is 7.09. The molecule has 3 N–H and O–H groups in total. The number of unbranched alkanes of at least 4 members (excludes halogenated alkanes) is 1. The van der Waals surface area contributed by atoms with Gasteiger partial charge in [0.05, 0.1) is 18.5 Å². The van der Waals surface area contributed by atoms with Crippen molar-refractivity contribution in [2.75, 3.05) is 59.9 Å². The Bertz CT molecular complexity index is 1510. The first-order valence-corrected chi connectivity index (χ1v) is 21.9. The molecule has 3 atom stereocenters. The van der Waals surface area contributed by atoms with Crippen LogP contribution >= 0.6 is 11.3 Å². The normalized spacial score (nSPS) is 27.4. The zero-order valence-electron chi connectivity index (χ0n) is 32.9. The van der Waals surface area contributed by atoms with Gasteiger partial charge in [0.15, 0.2) is 0 Å². The minimum atomic E-state index is -0.503. The van der Waals surface area contributed by atoms with Crippen molar-refractivity contribution in [2.24, 2.45) is 16.7 Å². The fraction of sp³-hybridized carbons (Fsp3) is 0.698. The molecule has 3 aliphatic heterocycles. The number of nitrogens with one attached hydrogen (secondary N) is 3. The van der Waals surface area contributed by atoms with Crippen LogP contribution in [0.2, 0.25) is 0 Å². The van der Waals surface area contributed by atoms with Crippen molar-refractivity contribution >= 4 is 29.2 Å². The Morgan fingerprint density at radius 1 is 0.852 bits per heavy atom. The topological polar surface area (TPSA) is 100 Å². The molecule has 0 bridgehead atoms. The Hall–Kier alpha value is -2.99. The molecule has 4 amide bonds. The van der Waals surface area contributed by atoms with E-state index in [-0.39, 0.29) is 29.9 Å². The maximum Gasteiger partial charge on any atom is 0.317 e. The van der Waals surface area contributed by atoms with Crippen molar-refractivity contribution in [3.8, 4) is 0 Å². The number of hydrogen-bond acceptors (Lipinski definition) is 7. The van der Waals surface area contributed by atoms with Crippen LogP contribution in [0.3, 0.4) is 0 Å². The van der Waals surface area contributed by atoms with Gasteiger partial charge in [0.2, 0.25) is 11.8 Å². The Balaban J connectivity index is 0.973. The number of carbonyl (C=O) groups is 3. The molecule has 3 saturated heterocycles. The van der Waals surface area contributed by atoms with E-state index in [0.717, 1.165) is 82.5 Å². The standard InChI is InChI=1S/C43H65N7O3S/c1-47(2)23-7-6-12-38(45-34-13-16-43(17-14-34)20-25-48(32-43)30-33-9-4-3-5-10-33)40(52)50-24-15-37(36(31-50)39(51)44-29-35-11-8-28-54-35)46-41(53)49-26-21-42(18-19-42)22-27-49/h3-5,8-11,28,34,36-38,45H,6-7,12-27,29-32H2,1-2H3,(H,44,51)(H,46,53)/t34?,36-,37+,38+,43?/m0/s1. The second-order valence-electron chi connectivity index (χ2n) is 17.8. The molecule has 2 aliphatic carbocycles. The smallest absolute Gasteiger partial charge is 0.317 e. The second-order valence-corrected chi connectivity index (χ2v) is 18.8. The molecule has 1 aromatic carbocycles. The Kier molecular flexibility index (Phi) is 13.0. The largest absolute Gasteiger partial charge is 0.351 e. The summed E-state index contributed by atoms with van der Waals surface area (Å²) in [5.74, 6) is -0.481. The summed E-state index contributed by atoms with van der Waals surface area (Å²) in [4.78, 5) is 51.8. The van der Waals surface area contributed by atoms with Gasteiger partial charge in [-0.2, -0.15) is 0 Å². The number of nitrogens with zero attached hydrogens (tertiary/aromatic N) is 4. The molecule has 2 aromatic rings. The first-order chi connectivity index (χ1) is 26.2. The van der Waals surface area contributed by atoms with Crippen molar-refractivity contribution in [3.05, 3.63) is 58.3 Å². The lowest BCUT2D eigenvalue weighted by molar-refractivity contribution is -0.138. The van der Waals surface area contributed by atoms with Crippen LogP contribution in [-0.2, 0) is 22.7 Å². The lowest BCUT2D eigenvalue weighted by Crippen LogP contribution is -2.61. The van der Waals surface area contributed by atoms with Crippen molar-refractivity contribution in [1.29, 1.82) is 0 Å². The molecule has 5 fully saturated rings. The number of rotatable bonds is 14. The minimum absolute atomic E-state index is 0.0627. The van der Waals surface area contributed by atoms with Crippen LogP contribution in [-0.4, -0.2) is 115 Å². The summed E-state index contributed by atoms with van der Waals surface area (Å²) >= 11 is 1.62. The van der Waals surface area contributed by atoms with Crippen LogP contribution in [0.15, 0.2) is 47.8 Å². The lowest BCUT2D eigenvalue weighted by atomic mass is 9.72. The number of hydrogen-bond donors (Lipinski definition) is 3. The summed E-state index contributed by atoms with van der Waals surface area (Å²) in [6, 6.07) is 14.5. The number of thiophene rings is 1. The number of urea groups is 1. The molecule has 296 valence electrons. The van der Waals surface area contributed by atoms with E-state index in [4.69, 9.17) is 0 Å². The second kappa shape index (κ2) is 17.9. The van der Waals surface area contributed by atoms with Crippen molar-refractivity contribution < 1.29 is 14.4 Å². The summed E-state index contributed by atoms with van der Waals surface area (Å²) in [5.41, 5.74) is 2.27. The average molecular weight is 760 g/mol. The molecule has 11 heteroatoms. The van der Waals surface area contributed by atoms with Crippen LogP contribution in [0.1, 0.15) is 93.9 Å². The monoisotopic (exact) mass is 759 g/mol. The van der Waals surface area contributed by atoms with E-state index in [9.17, 15) is 14.4 Å². The number of benzene rings is 1. The molecule has 2 spiro atoms. The SMILES string of the molecule is CN(C)CCCC[C@@H](NC1CCC2(CC1)CCN(Cc1ccccc1)C2)C(=O)N1CC[C@@H](NC(=O)N2CCC3(CC2)CC3)[C@@H](C(=O)NCc2cccs2)C1. The molecular weight excluding hydrogens is 695 g/mol. The maximum atomic E-state index is 14.5. The summed E-state index contributed by atoms with van der Waals surface area (Å²) < 4.78 is 0. The van der Waals surface area contributed by atoms with Crippen LogP contribution in [0.5, 0.6) is 0 Å². The molecule has 4 heterocycles. The Labute approximate surface area is 327 Å². The van der Waals surface area contributed by atoms with E-state index in [1.807, 2.05) is 27.3 Å². The van der Waals surface area contributed by atoms with Gasteiger partial charge in [-0.25, -0.2) is 4.79 Å². The van der Waals surface area contributed by atoms with E-state index < -0.39 is 5.92 Å². The van der Waals surface area contributed by atoms with Gasteiger partial charge >= 0.3 is 6.03 Å². The fourth-order valence-corrected chi connectivity index (χ4v) is 10.4. The van der Waals surface area contributed by atoms with E-state index in [2.05, 4.69) is 70.2 Å². The van der Waals surface area contributed by atoms with Crippen molar-refractivity contribution in [1.82, 2.24) is 35.6 Å². The molecule has 0 radical (unpaired) electrons. The minimum Gasteiger partial charge on any atom is -0.351 e. The first-order valence-electron chi connectivity index (χ1n) is 21.0. The van der Waals surface area contributed by atoms with E-state index in [1.165, 1.54) is 44.2 Å². The molecule has 1 aromatic heterocycles. The predicted molar refractivity (Wildman–Crippen MR) is 216 cm³/mol. The zero-order chi connectivity index (χ0) is 37.5. The van der Waals surface area contributed by atoms with Crippen LogP contribution in [0.4, 0.5) is 4.79 Å². The molecule has 2 saturated carbocycles. The molecule has 54 heavy (non-hydrogen) atoms. The van der Waals surface area contributed by atoms with Gasteiger partial charge in [-0.1, -0.05) is 42.8 Å². The van der Waals surface area contributed by atoms with Gasteiger partial charge in [0.1, 0.15) is 0 Å². The fourth-order valence-electron chi connectivity index (χ4n) is 9.79. The highest BCUT2D eigenvalue weighted by Gasteiger charge is 2.46. The molecule has 7 rings (SSSR count). The van der Waals surface area contributed by atoms with Gasteiger partial charge in [0, 0.05) is 56.2 Å². The van der Waals surface area contributed by atoms with Gasteiger partial charge in [-0.15, -0.1) is 11.3 Å². The van der Waals surface area contributed by atoms with Gasteiger partial charge in [0.25, 0.3) is 0 Å². The van der Waals surface area contributed by atoms with Crippen molar-refractivity contribution in [2.45, 2.75) is 115 Å². The van der Waals surface area contributed by atoms with Crippen LogP contribution < -0.4 is 16.0 Å². The van der Waals surface area contributed by atoms with Crippen LogP contribution in [0.25, 0.3) is 0 Å². The quantitative estimate of drug-likeness (QED) is 0.214. The Morgan fingerprint density at radius 3 is 2.31 bits per heavy atom. The van der Waals surface area contributed by atoms with E-state index in [0.29, 0.717) is 42.9 Å². The first kappa shape index (κ1) is 39.3. The predicted octanol–water partition coefficient (Wildman–Crippen LogP) is 5.69. The summed E-state index contributed by atoms with van der Waals surface area (Å²) in [6.45, 7) is 7.26. The Morgan fingerprint density at radius 2 is 1.61 bits per heavy atom. The van der Waals surface area contributed by atoms with Crippen LogP contribution in [0, 0.1) is 16.7 Å². The highest BCUT2D eigenvalue weighted by Crippen LogP contribution is 2.53. The van der Waals surface area contributed by atoms with Gasteiger partial charge in [-0.05, 0) is 132 Å². The van der Waals surface area contributed by atoms with Gasteiger partial charge in [-0.3, -0.25) is 14.5 Å². The zero-order valence-corrected chi connectivity index (χ0v) is 33.7. The van der Waals surface area contributed by atoms with Gasteiger partial charge < -0.3 is 30.7 Å². The third-order valence-corrected chi connectivity index (χ3v) is 14.4. The number of likely N-dealkylation sites (tertiary alicyclic amines) is 3. The number of piperidine rings is 2. The van der Waals surface area contributed by atoms with Crippen molar-refractivity contribution in [3.63, 3.8) is 0 Å². The third-order valence-electron chi connectivity index (χ3n) is 13.6. The number of carbonyl (C=O) groups excluding carboxylic acids is 3. The van der Waals surface area contributed by atoms with E-state index in [1.54, 1.807) is 11.3 Å². The molecular formula is C43H65N7O3S. The third kappa shape index (κ3) is 10.2. The lowest BCUT2D eigenvalue weighted by Gasteiger charge is -2.42. The van der Waals surface area contributed by atoms with E-state index >= 15 is 0 Å². The number of amides is 4. The molecule has 10 nitrogen and oxygen atoms in total.